The Morgan fingerprint density at radius 3 is 2.15 bits per heavy atom. The molecule has 0 heterocycles. The molecule has 34 heavy (non-hydrogen) atoms. The minimum atomic E-state index is -3.27. The third-order valence-electron chi connectivity index (χ3n) is 6.43. The third-order valence-corrected chi connectivity index (χ3v) is 6.43. The largest absolute Gasteiger partial charge is 0.481 e. The Morgan fingerprint density at radius 2 is 1.56 bits per heavy atom. The fourth-order valence-electron chi connectivity index (χ4n) is 4.54. The predicted molar refractivity (Wildman–Crippen MR) is 119 cm³/mol. The van der Waals surface area contributed by atoms with Crippen molar-refractivity contribution in [2.75, 3.05) is 19.7 Å². The van der Waals surface area contributed by atoms with Crippen molar-refractivity contribution < 1.29 is 33.0 Å². The summed E-state index contributed by atoms with van der Waals surface area (Å²) in [5.74, 6) is -8.36. The fourth-order valence-corrected chi connectivity index (χ4v) is 4.54. The molecule has 7 nitrogen and oxygen atoms in total. The number of carboxylic acid groups (broad SMARTS) is 1. The molecule has 180 valence electrons. The molecule has 0 radical (unpaired) electrons. The second kappa shape index (κ2) is 9.79. The van der Waals surface area contributed by atoms with Crippen molar-refractivity contribution in [2.45, 2.75) is 31.1 Å². The molecule has 0 saturated heterocycles. The number of unbranched alkanes of at least 4 members (excludes halogenated alkanes) is 1. The lowest BCUT2D eigenvalue weighted by Crippen LogP contribution is -2.28. The van der Waals surface area contributed by atoms with Gasteiger partial charge in [-0.1, -0.05) is 48.5 Å². The Hall–Kier alpha value is -3.49. The molecule has 2 atom stereocenters. The summed E-state index contributed by atoms with van der Waals surface area (Å²) in [4.78, 5) is 34.6. The summed E-state index contributed by atoms with van der Waals surface area (Å²) in [5, 5.41) is 13.7. The van der Waals surface area contributed by atoms with E-state index in [9.17, 15) is 23.2 Å². The van der Waals surface area contributed by atoms with Crippen molar-refractivity contribution in [3.8, 4) is 11.1 Å². The number of aliphatic carboxylic acids is 1. The second-order valence-corrected chi connectivity index (χ2v) is 8.61. The number of carbonyl (C=O) groups excluding carboxylic acids is 2. The Kier molecular flexibility index (Phi) is 6.81. The number of carbonyl (C=O) groups is 3. The minimum absolute atomic E-state index is 0.0265. The number of rotatable bonds is 10. The molecule has 4 rings (SSSR count). The van der Waals surface area contributed by atoms with Crippen LogP contribution in [-0.2, 0) is 14.3 Å². The number of amides is 2. The first-order valence-corrected chi connectivity index (χ1v) is 11.3. The highest BCUT2D eigenvalue weighted by Gasteiger charge is 2.72. The maximum Gasteiger partial charge on any atom is 0.407 e. The Labute approximate surface area is 195 Å². The molecular weight excluding hydrogens is 446 g/mol. The summed E-state index contributed by atoms with van der Waals surface area (Å²) in [7, 11) is 0. The number of carboxylic acids is 1. The van der Waals surface area contributed by atoms with E-state index in [-0.39, 0.29) is 25.5 Å². The monoisotopic (exact) mass is 472 g/mol. The SMILES string of the molecule is O=C(CCCCNC(=O)OCC1c2ccccc2-c2ccccc21)NCC1C(C(=O)O)C1(F)F. The molecule has 0 spiro atoms. The molecule has 1 fully saturated rings. The number of alkyl carbamates (subject to hydrolysis) is 1. The summed E-state index contributed by atoms with van der Waals surface area (Å²) in [5.41, 5.74) is 4.55. The molecule has 3 N–H and O–H groups in total. The van der Waals surface area contributed by atoms with E-state index in [1.165, 1.54) is 0 Å². The van der Waals surface area contributed by atoms with Gasteiger partial charge < -0.3 is 20.5 Å². The lowest BCUT2D eigenvalue weighted by molar-refractivity contribution is -0.141. The van der Waals surface area contributed by atoms with Gasteiger partial charge in [0.2, 0.25) is 5.91 Å². The summed E-state index contributed by atoms with van der Waals surface area (Å²) >= 11 is 0. The van der Waals surface area contributed by atoms with Crippen LogP contribution in [0.25, 0.3) is 11.1 Å². The highest BCUT2D eigenvalue weighted by molar-refractivity contribution is 5.79. The third kappa shape index (κ3) is 4.88. The van der Waals surface area contributed by atoms with Gasteiger partial charge in [0.1, 0.15) is 12.5 Å². The van der Waals surface area contributed by atoms with E-state index in [4.69, 9.17) is 9.84 Å². The number of hydrogen-bond donors (Lipinski definition) is 3. The first-order valence-electron chi connectivity index (χ1n) is 11.3. The number of nitrogens with one attached hydrogen (secondary N) is 2. The molecule has 9 heteroatoms. The minimum Gasteiger partial charge on any atom is -0.481 e. The van der Waals surface area contributed by atoms with Gasteiger partial charge in [-0.05, 0) is 35.1 Å². The zero-order valence-corrected chi connectivity index (χ0v) is 18.4. The fraction of sp³-hybridized carbons (Fsp3) is 0.400. The van der Waals surface area contributed by atoms with Crippen LogP contribution in [0.5, 0.6) is 0 Å². The molecule has 2 amide bonds. The van der Waals surface area contributed by atoms with Crippen molar-refractivity contribution in [1.82, 2.24) is 10.6 Å². The van der Waals surface area contributed by atoms with Gasteiger partial charge in [-0.25, -0.2) is 13.6 Å². The lowest BCUT2D eigenvalue weighted by Gasteiger charge is -2.14. The molecule has 2 aromatic rings. The van der Waals surface area contributed by atoms with Gasteiger partial charge in [-0.2, -0.15) is 0 Å². The van der Waals surface area contributed by atoms with Crippen molar-refractivity contribution in [3.63, 3.8) is 0 Å². The van der Waals surface area contributed by atoms with Gasteiger partial charge in [-0.3, -0.25) is 9.59 Å². The van der Waals surface area contributed by atoms with E-state index in [0.717, 1.165) is 22.3 Å². The average molecular weight is 472 g/mol. The summed E-state index contributed by atoms with van der Waals surface area (Å²) in [6.45, 7) is 0.165. The zero-order chi connectivity index (χ0) is 24.3. The molecule has 0 aromatic heterocycles. The Morgan fingerprint density at radius 1 is 0.941 bits per heavy atom. The van der Waals surface area contributed by atoms with Crippen LogP contribution in [0.3, 0.4) is 0 Å². The molecule has 1 saturated carbocycles. The van der Waals surface area contributed by atoms with E-state index < -0.39 is 35.7 Å². The van der Waals surface area contributed by atoms with Crippen molar-refractivity contribution in [1.29, 1.82) is 0 Å². The number of ether oxygens (including phenoxy) is 1. The van der Waals surface area contributed by atoms with Gasteiger partial charge in [0.15, 0.2) is 0 Å². The van der Waals surface area contributed by atoms with Gasteiger partial charge >= 0.3 is 12.1 Å². The quantitative estimate of drug-likeness (QED) is 0.457. The molecular formula is C25H26F2N2O5. The van der Waals surface area contributed by atoms with Gasteiger partial charge in [0.25, 0.3) is 5.92 Å². The van der Waals surface area contributed by atoms with E-state index in [1.54, 1.807) is 0 Å². The number of fused-ring (bicyclic) bond motifs is 3. The zero-order valence-electron chi connectivity index (χ0n) is 18.4. The number of halogens is 2. The van der Waals surface area contributed by atoms with Crippen LogP contribution >= 0.6 is 0 Å². The van der Waals surface area contributed by atoms with Crippen LogP contribution in [0.2, 0.25) is 0 Å². The van der Waals surface area contributed by atoms with Crippen LogP contribution in [0.4, 0.5) is 13.6 Å². The lowest BCUT2D eigenvalue weighted by atomic mass is 9.98. The van der Waals surface area contributed by atoms with Crippen LogP contribution in [0.1, 0.15) is 36.3 Å². The highest BCUT2D eigenvalue weighted by atomic mass is 19.3. The van der Waals surface area contributed by atoms with Crippen molar-refractivity contribution >= 4 is 18.0 Å². The molecule has 0 aliphatic heterocycles. The molecule has 2 aromatic carbocycles. The first kappa shape index (κ1) is 23.7. The summed E-state index contributed by atoms with van der Waals surface area (Å²) < 4.78 is 32.1. The van der Waals surface area contributed by atoms with E-state index in [2.05, 4.69) is 22.8 Å². The van der Waals surface area contributed by atoms with Crippen molar-refractivity contribution in [3.05, 3.63) is 59.7 Å². The first-order chi connectivity index (χ1) is 16.3. The standard InChI is InChI=1S/C25H26F2N2O5/c26-25(27)20(22(25)23(31)32)13-29-21(30)11-5-6-12-28-24(33)34-14-19-17-9-3-1-7-15(17)16-8-2-4-10-18(16)19/h1-4,7-10,19-20,22H,5-6,11-14H2,(H,28,33)(H,29,30)(H,31,32). The maximum atomic E-state index is 13.3. The van der Waals surface area contributed by atoms with Crippen LogP contribution in [0, 0.1) is 11.8 Å². The smallest absolute Gasteiger partial charge is 0.407 e. The summed E-state index contributed by atoms with van der Waals surface area (Å²) in [6, 6.07) is 16.1. The second-order valence-electron chi connectivity index (χ2n) is 8.61. The topological polar surface area (TPSA) is 105 Å². The normalized spacial score (nSPS) is 19.6. The Bertz CT molecular complexity index is 1040. The van der Waals surface area contributed by atoms with E-state index >= 15 is 0 Å². The number of hydrogen-bond acceptors (Lipinski definition) is 4. The predicted octanol–water partition coefficient (Wildman–Crippen LogP) is 3.78. The number of benzene rings is 2. The van der Waals surface area contributed by atoms with Gasteiger partial charge in [-0.15, -0.1) is 0 Å². The maximum absolute atomic E-state index is 13.3. The van der Waals surface area contributed by atoms with Crippen LogP contribution in [-0.4, -0.2) is 48.7 Å². The Balaban J connectivity index is 1.12. The molecule has 2 aliphatic rings. The molecule has 2 aliphatic carbocycles. The molecule has 0 bridgehead atoms. The van der Waals surface area contributed by atoms with E-state index in [0.29, 0.717) is 19.4 Å². The molecule has 2 unspecified atom stereocenters. The summed E-state index contributed by atoms with van der Waals surface area (Å²) in [6.07, 6.45) is 0.512. The van der Waals surface area contributed by atoms with E-state index in [1.807, 2.05) is 36.4 Å². The van der Waals surface area contributed by atoms with Crippen molar-refractivity contribution in [2.24, 2.45) is 11.8 Å². The van der Waals surface area contributed by atoms with Crippen LogP contribution in [0.15, 0.2) is 48.5 Å². The number of alkyl halides is 2. The average Bonchev–Trinajstić information content (AvgIpc) is 3.23. The van der Waals surface area contributed by atoms with Gasteiger partial charge in [0.05, 0.1) is 5.92 Å². The van der Waals surface area contributed by atoms with Crippen LogP contribution < -0.4 is 10.6 Å². The van der Waals surface area contributed by atoms with Gasteiger partial charge in [0, 0.05) is 25.4 Å². The highest BCUT2D eigenvalue weighted by Crippen LogP contribution is 2.54.